The van der Waals surface area contributed by atoms with E-state index in [0.717, 1.165) is 18.6 Å². The van der Waals surface area contributed by atoms with Crippen LogP contribution >= 0.6 is 0 Å². The molecule has 1 atom stereocenters. The number of rotatable bonds is 6. The number of hydrogen-bond donors (Lipinski definition) is 2. The van der Waals surface area contributed by atoms with Crippen molar-refractivity contribution in [3.8, 4) is 5.75 Å². The van der Waals surface area contributed by atoms with Gasteiger partial charge in [0.25, 0.3) is 0 Å². The van der Waals surface area contributed by atoms with Crippen molar-refractivity contribution < 1.29 is 4.74 Å². The summed E-state index contributed by atoms with van der Waals surface area (Å²) in [6.45, 7) is 2.16. The standard InChI is InChI=1S/C17H22N2O/c1-3-14-8-4-5-10-16(14)17(19-18)12-13-7-6-9-15(11-13)20-2/h4-11,17,19H,3,12,18H2,1-2H3. The minimum atomic E-state index is 0.109. The molecule has 0 aliphatic carbocycles. The van der Waals surface area contributed by atoms with Crippen LogP contribution in [0.1, 0.15) is 29.7 Å². The van der Waals surface area contributed by atoms with Crippen LogP contribution in [0.2, 0.25) is 0 Å². The molecule has 2 rings (SSSR count). The molecule has 0 fully saturated rings. The summed E-state index contributed by atoms with van der Waals surface area (Å²) < 4.78 is 5.27. The fourth-order valence-corrected chi connectivity index (χ4v) is 2.49. The van der Waals surface area contributed by atoms with Gasteiger partial charge in [-0.25, -0.2) is 0 Å². The molecule has 3 N–H and O–H groups in total. The summed E-state index contributed by atoms with van der Waals surface area (Å²) in [4.78, 5) is 0. The van der Waals surface area contributed by atoms with Gasteiger partial charge >= 0.3 is 0 Å². The summed E-state index contributed by atoms with van der Waals surface area (Å²) in [7, 11) is 1.68. The van der Waals surface area contributed by atoms with Crippen LogP contribution < -0.4 is 16.0 Å². The van der Waals surface area contributed by atoms with Crippen molar-refractivity contribution in [3.63, 3.8) is 0 Å². The van der Waals surface area contributed by atoms with Gasteiger partial charge in [-0.3, -0.25) is 11.3 Å². The van der Waals surface area contributed by atoms with E-state index in [1.54, 1.807) is 7.11 Å². The first-order chi connectivity index (χ1) is 9.78. The van der Waals surface area contributed by atoms with E-state index in [0.29, 0.717) is 0 Å². The van der Waals surface area contributed by atoms with E-state index in [9.17, 15) is 0 Å². The molecule has 0 saturated heterocycles. The second kappa shape index (κ2) is 7.08. The van der Waals surface area contributed by atoms with Crippen molar-refractivity contribution in [1.82, 2.24) is 5.43 Å². The summed E-state index contributed by atoms with van der Waals surface area (Å²) in [5.74, 6) is 6.64. The monoisotopic (exact) mass is 270 g/mol. The lowest BCUT2D eigenvalue weighted by Crippen LogP contribution is -2.30. The van der Waals surface area contributed by atoms with E-state index in [1.807, 2.05) is 12.1 Å². The van der Waals surface area contributed by atoms with Crippen molar-refractivity contribution in [2.75, 3.05) is 7.11 Å². The summed E-state index contributed by atoms with van der Waals surface area (Å²) >= 11 is 0. The molecule has 3 nitrogen and oxygen atoms in total. The summed E-state index contributed by atoms with van der Waals surface area (Å²) in [5, 5.41) is 0. The molecular formula is C17H22N2O. The van der Waals surface area contributed by atoms with Crippen LogP contribution in [0.3, 0.4) is 0 Å². The van der Waals surface area contributed by atoms with E-state index in [-0.39, 0.29) is 6.04 Å². The second-order valence-electron chi connectivity index (χ2n) is 4.83. The highest BCUT2D eigenvalue weighted by Crippen LogP contribution is 2.23. The first-order valence-electron chi connectivity index (χ1n) is 6.95. The maximum atomic E-state index is 5.77. The molecule has 0 spiro atoms. The summed E-state index contributed by atoms with van der Waals surface area (Å²) in [5.41, 5.74) is 6.74. The number of hydrazine groups is 1. The van der Waals surface area contributed by atoms with E-state index < -0.39 is 0 Å². The molecule has 0 aliphatic rings. The Morgan fingerprint density at radius 3 is 2.65 bits per heavy atom. The molecule has 0 aromatic heterocycles. The quantitative estimate of drug-likeness (QED) is 0.626. The zero-order chi connectivity index (χ0) is 14.4. The van der Waals surface area contributed by atoms with Crippen molar-refractivity contribution in [3.05, 3.63) is 65.2 Å². The Balaban J connectivity index is 2.24. The van der Waals surface area contributed by atoms with Crippen LogP contribution in [0.4, 0.5) is 0 Å². The first-order valence-corrected chi connectivity index (χ1v) is 6.95. The zero-order valence-corrected chi connectivity index (χ0v) is 12.1. The van der Waals surface area contributed by atoms with Crippen molar-refractivity contribution >= 4 is 0 Å². The topological polar surface area (TPSA) is 47.3 Å². The van der Waals surface area contributed by atoms with Crippen LogP contribution in [-0.2, 0) is 12.8 Å². The van der Waals surface area contributed by atoms with Gasteiger partial charge in [0, 0.05) is 0 Å². The Morgan fingerprint density at radius 1 is 1.15 bits per heavy atom. The van der Waals surface area contributed by atoms with Gasteiger partial charge in [-0.1, -0.05) is 43.3 Å². The normalized spacial score (nSPS) is 12.2. The maximum Gasteiger partial charge on any atom is 0.119 e. The number of nitrogens with one attached hydrogen (secondary N) is 1. The van der Waals surface area contributed by atoms with Gasteiger partial charge in [-0.2, -0.15) is 0 Å². The van der Waals surface area contributed by atoms with Gasteiger partial charge in [0.2, 0.25) is 0 Å². The van der Waals surface area contributed by atoms with E-state index >= 15 is 0 Å². The SMILES string of the molecule is CCc1ccccc1C(Cc1cccc(OC)c1)NN. The predicted molar refractivity (Wildman–Crippen MR) is 82.6 cm³/mol. The number of benzene rings is 2. The average molecular weight is 270 g/mol. The number of aryl methyl sites for hydroxylation is 1. The van der Waals surface area contributed by atoms with E-state index in [1.165, 1.54) is 16.7 Å². The number of methoxy groups -OCH3 is 1. The van der Waals surface area contributed by atoms with Crippen LogP contribution in [0, 0.1) is 0 Å². The number of hydrogen-bond acceptors (Lipinski definition) is 3. The lowest BCUT2D eigenvalue weighted by atomic mass is 9.94. The van der Waals surface area contributed by atoms with Crippen LogP contribution in [-0.4, -0.2) is 7.11 Å². The highest BCUT2D eigenvalue weighted by molar-refractivity contribution is 5.34. The molecule has 2 aromatic rings. The fourth-order valence-electron chi connectivity index (χ4n) is 2.49. The van der Waals surface area contributed by atoms with Crippen molar-refractivity contribution in [2.24, 2.45) is 5.84 Å². The molecule has 1 unspecified atom stereocenters. The lowest BCUT2D eigenvalue weighted by molar-refractivity contribution is 0.414. The van der Waals surface area contributed by atoms with Crippen molar-refractivity contribution in [2.45, 2.75) is 25.8 Å². The largest absolute Gasteiger partial charge is 0.497 e. The minimum absolute atomic E-state index is 0.109. The molecule has 2 aromatic carbocycles. The molecule has 0 bridgehead atoms. The van der Waals surface area contributed by atoms with Gasteiger partial charge < -0.3 is 4.74 Å². The second-order valence-corrected chi connectivity index (χ2v) is 4.83. The summed E-state index contributed by atoms with van der Waals surface area (Å²) in [6, 6.07) is 16.7. The highest BCUT2D eigenvalue weighted by Gasteiger charge is 2.13. The third kappa shape index (κ3) is 3.38. The Kier molecular flexibility index (Phi) is 5.16. The Labute approximate surface area is 120 Å². The Hall–Kier alpha value is -1.84. The molecule has 0 radical (unpaired) electrons. The lowest BCUT2D eigenvalue weighted by Gasteiger charge is -2.19. The van der Waals surface area contributed by atoms with Crippen molar-refractivity contribution in [1.29, 1.82) is 0 Å². The van der Waals surface area contributed by atoms with Gasteiger partial charge in [-0.15, -0.1) is 0 Å². The number of ether oxygens (including phenoxy) is 1. The van der Waals surface area contributed by atoms with Crippen LogP contribution in [0.15, 0.2) is 48.5 Å². The van der Waals surface area contributed by atoms with Gasteiger partial charge in [0.05, 0.1) is 13.2 Å². The minimum Gasteiger partial charge on any atom is -0.497 e. The van der Waals surface area contributed by atoms with E-state index in [4.69, 9.17) is 10.6 Å². The average Bonchev–Trinajstić information content (AvgIpc) is 2.52. The first kappa shape index (κ1) is 14.6. The smallest absolute Gasteiger partial charge is 0.119 e. The predicted octanol–water partition coefficient (Wildman–Crippen LogP) is 3.00. The number of nitrogens with two attached hydrogens (primary N) is 1. The van der Waals surface area contributed by atoms with E-state index in [2.05, 4.69) is 48.7 Å². The molecule has 3 heteroatoms. The third-order valence-corrected chi connectivity index (χ3v) is 3.59. The Bertz CT molecular complexity index is 554. The highest BCUT2D eigenvalue weighted by atomic mass is 16.5. The van der Waals surface area contributed by atoms with Gasteiger partial charge in [0.15, 0.2) is 0 Å². The maximum absolute atomic E-state index is 5.77. The molecule has 0 heterocycles. The third-order valence-electron chi connectivity index (χ3n) is 3.59. The molecule has 0 amide bonds. The fraction of sp³-hybridized carbons (Fsp3) is 0.294. The molecule has 0 aliphatic heterocycles. The molecule has 106 valence electrons. The van der Waals surface area contributed by atoms with Crippen LogP contribution in [0.5, 0.6) is 5.75 Å². The van der Waals surface area contributed by atoms with Crippen LogP contribution in [0.25, 0.3) is 0 Å². The molecular weight excluding hydrogens is 248 g/mol. The molecule has 20 heavy (non-hydrogen) atoms. The summed E-state index contributed by atoms with van der Waals surface area (Å²) in [6.07, 6.45) is 1.84. The van der Waals surface area contributed by atoms with Gasteiger partial charge in [-0.05, 0) is 41.7 Å². The Morgan fingerprint density at radius 2 is 1.95 bits per heavy atom. The zero-order valence-electron chi connectivity index (χ0n) is 12.1. The van der Waals surface area contributed by atoms with Gasteiger partial charge in [0.1, 0.15) is 5.75 Å². The molecule has 0 saturated carbocycles.